The first kappa shape index (κ1) is 47.2. The number of aliphatic hydroxyl groups is 3. The third kappa shape index (κ3) is 25.2. The van der Waals surface area contributed by atoms with E-state index in [1.54, 1.807) is 0 Å². The first-order valence-corrected chi connectivity index (χ1v) is 21.3. The number of amides is 1. The quantitative estimate of drug-likeness (QED) is 0.0409. The molecule has 1 aliphatic heterocycles. The van der Waals surface area contributed by atoms with E-state index in [-0.39, 0.29) is 12.5 Å². The molecule has 0 aromatic rings. The first-order chi connectivity index (χ1) is 24.4. The van der Waals surface area contributed by atoms with Gasteiger partial charge in [0.2, 0.25) is 5.91 Å². The minimum atomic E-state index is -1.29. The molecule has 1 amide bonds. The number of nitrogens with one attached hydrogen (secondary N) is 1. The number of aliphatic hydroxyl groups excluding tert-OH is 3. The summed E-state index contributed by atoms with van der Waals surface area (Å²) in [6.45, 7) is 5.08. The van der Waals surface area contributed by atoms with E-state index in [4.69, 9.17) is 19.9 Å². The highest BCUT2D eigenvalue weighted by Gasteiger charge is 2.43. The second kappa shape index (κ2) is 34.0. The molecule has 1 heterocycles. The van der Waals surface area contributed by atoms with E-state index in [2.05, 4.69) is 19.2 Å². The molecule has 298 valence electrons. The van der Waals surface area contributed by atoms with Crippen LogP contribution in [0.3, 0.4) is 0 Å². The maximum absolute atomic E-state index is 12.9. The molecule has 0 aromatic heterocycles. The lowest BCUT2D eigenvalue weighted by Crippen LogP contribution is -2.63. The Morgan fingerprint density at radius 3 is 1.50 bits per heavy atom. The fourth-order valence-corrected chi connectivity index (χ4v) is 6.82. The van der Waals surface area contributed by atoms with Gasteiger partial charge in [-0.3, -0.25) is 4.79 Å². The van der Waals surface area contributed by atoms with Crippen LogP contribution < -0.4 is 11.1 Å². The third-order valence-corrected chi connectivity index (χ3v) is 10.2. The summed E-state index contributed by atoms with van der Waals surface area (Å²) in [6, 6.07) is -1.38. The number of ether oxygens (including phenoxy) is 3. The average Bonchev–Trinajstić information content (AvgIpc) is 3.11. The zero-order chi connectivity index (χ0) is 36.5. The van der Waals surface area contributed by atoms with Crippen molar-refractivity contribution >= 4 is 5.91 Å². The molecule has 1 saturated heterocycles. The maximum Gasteiger partial charge on any atom is 0.220 e. The molecule has 1 aliphatic rings. The molecule has 0 spiro atoms. The number of carbonyl (C=O) groups is 1. The van der Waals surface area contributed by atoms with Crippen molar-refractivity contribution in [1.82, 2.24) is 5.32 Å². The van der Waals surface area contributed by atoms with Crippen LogP contribution in [-0.2, 0) is 19.0 Å². The number of rotatable bonds is 36. The van der Waals surface area contributed by atoms with Crippen molar-refractivity contribution < 1.29 is 34.3 Å². The Kier molecular flexibility index (Phi) is 32.1. The van der Waals surface area contributed by atoms with Crippen molar-refractivity contribution in [3.05, 3.63) is 0 Å². The van der Waals surface area contributed by atoms with Gasteiger partial charge < -0.3 is 40.6 Å². The Bertz CT molecular complexity index is 744. The standard InChI is InChI=1S/C41H82N2O7/c1-3-5-7-9-11-13-15-17-19-21-23-25-27-29-31-48-33-35(34-49-41-38(42)40(47)39(46)36(32-44)50-41)43-37(45)30-28-26-24-22-20-18-16-14-12-10-8-6-4-2/h35-36,38-41,44,46-47H,3-34,42H2,1-2H3,(H,43,45)/t35?,36?,38?,39-,40-,41-/m1/s1. The number of unbranched alkanes of at least 4 members (excludes halogenated alkanes) is 25. The molecule has 6 atom stereocenters. The van der Waals surface area contributed by atoms with Gasteiger partial charge in [0, 0.05) is 13.0 Å². The van der Waals surface area contributed by atoms with Gasteiger partial charge in [-0.2, -0.15) is 0 Å². The predicted octanol–water partition coefficient (Wildman–Crippen LogP) is 8.23. The molecule has 9 nitrogen and oxygen atoms in total. The van der Waals surface area contributed by atoms with Gasteiger partial charge in [0.15, 0.2) is 6.29 Å². The highest BCUT2D eigenvalue weighted by atomic mass is 16.7. The van der Waals surface area contributed by atoms with Crippen molar-refractivity contribution in [2.75, 3.05) is 26.4 Å². The van der Waals surface area contributed by atoms with Gasteiger partial charge >= 0.3 is 0 Å². The molecule has 0 aliphatic carbocycles. The Morgan fingerprint density at radius 2 is 1.06 bits per heavy atom. The van der Waals surface area contributed by atoms with Crippen molar-refractivity contribution in [2.45, 2.75) is 230 Å². The van der Waals surface area contributed by atoms with E-state index < -0.39 is 43.3 Å². The molecule has 1 fully saturated rings. The van der Waals surface area contributed by atoms with Crippen LogP contribution in [0.15, 0.2) is 0 Å². The molecule has 1 rings (SSSR count). The zero-order valence-electron chi connectivity index (χ0n) is 32.6. The fourth-order valence-electron chi connectivity index (χ4n) is 6.82. The van der Waals surface area contributed by atoms with Crippen LogP contribution in [0.2, 0.25) is 0 Å². The topological polar surface area (TPSA) is 144 Å². The van der Waals surface area contributed by atoms with Gasteiger partial charge in [-0.1, -0.05) is 174 Å². The van der Waals surface area contributed by atoms with Crippen molar-refractivity contribution in [2.24, 2.45) is 5.73 Å². The summed E-state index contributed by atoms with van der Waals surface area (Å²) in [5.74, 6) is -0.0284. The van der Waals surface area contributed by atoms with Crippen LogP contribution in [0.5, 0.6) is 0 Å². The maximum atomic E-state index is 12.9. The number of nitrogens with two attached hydrogens (primary N) is 1. The van der Waals surface area contributed by atoms with E-state index in [1.165, 1.54) is 141 Å². The normalized spacial score (nSPS) is 21.4. The summed E-state index contributed by atoms with van der Waals surface area (Å²) in [6.07, 6.45) is 30.6. The molecule has 6 N–H and O–H groups in total. The lowest BCUT2D eigenvalue weighted by atomic mass is 9.98. The summed E-state index contributed by atoms with van der Waals surface area (Å²) in [4.78, 5) is 12.9. The van der Waals surface area contributed by atoms with Crippen LogP contribution in [-0.4, -0.2) is 84.3 Å². The molecule has 0 bridgehead atoms. The van der Waals surface area contributed by atoms with E-state index >= 15 is 0 Å². The third-order valence-electron chi connectivity index (χ3n) is 10.2. The second-order valence-corrected chi connectivity index (χ2v) is 15.0. The lowest BCUT2D eigenvalue weighted by molar-refractivity contribution is -0.267. The molecule has 0 radical (unpaired) electrons. The molecular formula is C41H82N2O7. The number of carbonyl (C=O) groups excluding carboxylic acids is 1. The van der Waals surface area contributed by atoms with E-state index in [1.807, 2.05) is 0 Å². The minimum Gasteiger partial charge on any atom is -0.394 e. The summed E-state index contributed by atoms with van der Waals surface area (Å²) >= 11 is 0. The molecule has 50 heavy (non-hydrogen) atoms. The van der Waals surface area contributed by atoms with Gasteiger partial charge in [-0.25, -0.2) is 0 Å². The van der Waals surface area contributed by atoms with E-state index in [0.717, 1.165) is 32.1 Å². The second-order valence-electron chi connectivity index (χ2n) is 15.0. The number of hydrogen-bond acceptors (Lipinski definition) is 8. The Hall–Kier alpha value is -0.810. The predicted molar refractivity (Wildman–Crippen MR) is 205 cm³/mol. The van der Waals surface area contributed by atoms with Gasteiger partial charge in [0.05, 0.1) is 31.9 Å². The van der Waals surface area contributed by atoms with Crippen LogP contribution in [0.4, 0.5) is 0 Å². The minimum absolute atomic E-state index is 0.0284. The lowest BCUT2D eigenvalue weighted by Gasteiger charge is -2.40. The average molecular weight is 715 g/mol. The largest absolute Gasteiger partial charge is 0.394 e. The van der Waals surface area contributed by atoms with Crippen LogP contribution in [0.1, 0.15) is 194 Å². The van der Waals surface area contributed by atoms with Crippen molar-refractivity contribution in [3.8, 4) is 0 Å². The van der Waals surface area contributed by atoms with Crippen LogP contribution >= 0.6 is 0 Å². The van der Waals surface area contributed by atoms with Gasteiger partial charge in [-0.05, 0) is 12.8 Å². The molecule has 3 unspecified atom stereocenters. The van der Waals surface area contributed by atoms with Gasteiger partial charge in [-0.15, -0.1) is 0 Å². The SMILES string of the molecule is CCCCCCCCCCCCCCCCOCC(CO[C@@H]1OC(CO)[C@@H](O)[C@H](O)C1N)NC(=O)CCCCCCCCCCCCCCC. The highest BCUT2D eigenvalue weighted by molar-refractivity contribution is 5.76. The Balaban J connectivity index is 2.28. The molecule has 0 saturated carbocycles. The zero-order valence-corrected chi connectivity index (χ0v) is 32.6. The summed E-state index contributed by atoms with van der Waals surface area (Å²) < 4.78 is 17.5. The first-order valence-electron chi connectivity index (χ1n) is 21.3. The summed E-state index contributed by atoms with van der Waals surface area (Å²) in [7, 11) is 0. The Labute approximate surface area is 307 Å². The summed E-state index contributed by atoms with van der Waals surface area (Å²) in [5, 5.41) is 33.0. The van der Waals surface area contributed by atoms with E-state index in [0.29, 0.717) is 19.6 Å². The molecule has 9 heteroatoms. The van der Waals surface area contributed by atoms with Gasteiger partial charge in [0.1, 0.15) is 18.3 Å². The summed E-state index contributed by atoms with van der Waals surface area (Å²) in [5.41, 5.74) is 6.06. The van der Waals surface area contributed by atoms with Crippen LogP contribution in [0, 0.1) is 0 Å². The van der Waals surface area contributed by atoms with E-state index in [9.17, 15) is 20.1 Å². The highest BCUT2D eigenvalue weighted by Crippen LogP contribution is 2.21. The molecular weight excluding hydrogens is 632 g/mol. The van der Waals surface area contributed by atoms with Gasteiger partial charge in [0.25, 0.3) is 0 Å². The number of hydrogen-bond donors (Lipinski definition) is 5. The fraction of sp³-hybridized carbons (Fsp3) is 0.976. The smallest absolute Gasteiger partial charge is 0.220 e. The molecule has 0 aromatic carbocycles. The Morgan fingerprint density at radius 1 is 0.640 bits per heavy atom. The van der Waals surface area contributed by atoms with Crippen molar-refractivity contribution in [1.29, 1.82) is 0 Å². The van der Waals surface area contributed by atoms with Crippen molar-refractivity contribution in [3.63, 3.8) is 0 Å². The van der Waals surface area contributed by atoms with Crippen LogP contribution in [0.25, 0.3) is 0 Å². The monoisotopic (exact) mass is 715 g/mol.